The maximum atomic E-state index is 13.0. The van der Waals surface area contributed by atoms with E-state index in [1.165, 1.54) is 37.0 Å². The predicted octanol–water partition coefficient (Wildman–Crippen LogP) is 2.44. The second-order valence-corrected chi connectivity index (χ2v) is 8.08. The van der Waals surface area contributed by atoms with Crippen LogP contribution in [0.15, 0.2) is 52.2 Å². The van der Waals surface area contributed by atoms with Gasteiger partial charge in [-0.15, -0.1) is 0 Å². The Bertz CT molecular complexity index is 1280. The van der Waals surface area contributed by atoms with Crippen LogP contribution in [0.4, 0.5) is 5.69 Å². The number of pyridine rings is 1. The maximum Gasteiger partial charge on any atom is 0.337 e. The number of nitrogens with zero attached hydrogens (tertiary/aromatic N) is 1. The van der Waals surface area contributed by atoms with Gasteiger partial charge in [0.05, 0.1) is 25.3 Å². The zero-order chi connectivity index (χ0) is 21.3. The molecule has 29 heavy (non-hydrogen) atoms. The standard InChI is InChI=1S/C20H20N2O6S/c1-12-9-14-10-15(6-7-16(14)22(2)19(12)23)21-29(25,26)18-11-13(20(24)28-4)5-8-17(18)27-3/h5-11,21H,1-4H3. The van der Waals surface area contributed by atoms with Gasteiger partial charge < -0.3 is 14.0 Å². The van der Waals surface area contributed by atoms with Gasteiger partial charge in [0.2, 0.25) is 0 Å². The lowest BCUT2D eigenvalue weighted by Gasteiger charge is -2.14. The summed E-state index contributed by atoms with van der Waals surface area (Å²) in [6.07, 6.45) is 0. The molecular formula is C20H20N2O6S. The Morgan fingerprint density at radius 1 is 1.07 bits per heavy atom. The molecule has 1 N–H and O–H groups in total. The molecule has 2 aromatic carbocycles. The van der Waals surface area contributed by atoms with Gasteiger partial charge in [-0.3, -0.25) is 9.52 Å². The number of hydrogen-bond acceptors (Lipinski definition) is 6. The predicted molar refractivity (Wildman–Crippen MR) is 109 cm³/mol. The van der Waals surface area contributed by atoms with Crippen LogP contribution >= 0.6 is 0 Å². The highest BCUT2D eigenvalue weighted by atomic mass is 32.2. The summed E-state index contributed by atoms with van der Waals surface area (Å²) in [5, 5.41) is 0.708. The van der Waals surface area contributed by atoms with E-state index in [1.807, 2.05) is 0 Å². The molecule has 0 radical (unpaired) electrons. The molecule has 9 heteroatoms. The Balaban J connectivity index is 2.07. The summed E-state index contributed by atoms with van der Waals surface area (Å²) in [6, 6.07) is 10.6. The van der Waals surface area contributed by atoms with Gasteiger partial charge in [0, 0.05) is 23.7 Å². The highest BCUT2D eigenvalue weighted by molar-refractivity contribution is 7.92. The van der Waals surface area contributed by atoms with Crippen LogP contribution in [0.3, 0.4) is 0 Å². The van der Waals surface area contributed by atoms with Crippen LogP contribution in [-0.4, -0.2) is 33.2 Å². The fraction of sp³-hybridized carbons (Fsp3) is 0.200. The molecule has 0 amide bonds. The number of nitrogens with one attached hydrogen (secondary N) is 1. The van der Waals surface area contributed by atoms with E-state index in [-0.39, 0.29) is 21.8 Å². The Kier molecular flexibility index (Phi) is 5.34. The van der Waals surface area contributed by atoms with Gasteiger partial charge in [-0.1, -0.05) is 0 Å². The summed E-state index contributed by atoms with van der Waals surface area (Å²) in [6.45, 7) is 1.70. The molecule has 152 valence electrons. The van der Waals surface area contributed by atoms with E-state index in [4.69, 9.17) is 4.74 Å². The fourth-order valence-corrected chi connectivity index (χ4v) is 4.30. The fourth-order valence-electron chi connectivity index (χ4n) is 3.05. The van der Waals surface area contributed by atoms with Gasteiger partial charge in [-0.05, 0) is 49.4 Å². The molecule has 1 heterocycles. The molecule has 0 spiro atoms. The van der Waals surface area contributed by atoms with Crippen molar-refractivity contribution >= 4 is 32.6 Å². The van der Waals surface area contributed by atoms with Crippen molar-refractivity contribution in [1.82, 2.24) is 4.57 Å². The first-order chi connectivity index (χ1) is 13.7. The number of benzene rings is 2. The molecule has 0 saturated carbocycles. The highest BCUT2D eigenvalue weighted by Gasteiger charge is 2.22. The van der Waals surface area contributed by atoms with Crippen molar-refractivity contribution in [2.75, 3.05) is 18.9 Å². The third kappa shape index (κ3) is 3.81. The Morgan fingerprint density at radius 2 is 1.79 bits per heavy atom. The first-order valence-corrected chi connectivity index (χ1v) is 10.1. The molecule has 0 unspecified atom stereocenters. The summed E-state index contributed by atoms with van der Waals surface area (Å²) >= 11 is 0. The zero-order valence-corrected chi connectivity index (χ0v) is 17.2. The number of sulfonamides is 1. The van der Waals surface area contributed by atoms with E-state index in [0.717, 1.165) is 0 Å². The number of ether oxygens (including phenoxy) is 2. The lowest BCUT2D eigenvalue weighted by molar-refractivity contribution is 0.0600. The number of aryl methyl sites for hydroxylation is 2. The van der Waals surface area contributed by atoms with Gasteiger partial charge in [0.15, 0.2) is 0 Å². The lowest BCUT2D eigenvalue weighted by atomic mass is 10.1. The molecule has 8 nitrogen and oxygen atoms in total. The minimum Gasteiger partial charge on any atom is -0.495 e. The van der Waals surface area contributed by atoms with Crippen molar-refractivity contribution in [1.29, 1.82) is 0 Å². The molecule has 3 rings (SSSR count). The minimum atomic E-state index is -4.07. The molecule has 1 aromatic heterocycles. The summed E-state index contributed by atoms with van der Waals surface area (Å²) in [5.41, 5.74) is 1.50. The van der Waals surface area contributed by atoms with Crippen LogP contribution in [0.25, 0.3) is 10.9 Å². The Labute approximate surface area is 167 Å². The monoisotopic (exact) mass is 416 g/mol. The zero-order valence-electron chi connectivity index (χ0n) is 16.3. The maximum absolute atomic E-state index is 13.0. The van der Waals surface area contributed by atoms with Crippen LogP contribution in [0.2, 0.25) is 0 Å². The molecule has 0 fully saturated rings. The number of aromatic nitrogens is 1. The highest BCUT2D eigenvalue weighted by Crippen LogP contribution is 2.28. The van der Waals surface area contributed by atoms with Crippen molar-refractivity contribution in [2.24, 2.45) is 7.05 Å². The summed E-state index contributed by atoms with van der Waals surface area (Å²) in [4.78, 5) is 23.7. The van der Waals surface area contributed by atoms with Crippen molar-refractivity contribution in [3.63, 3.8) is 0 Å². The number of esters is 1. The van der Waals surface area contributed by atoms with Crippen molar-refractivity contribution < 1.29 is 22.7 Å². The molecule has 0 aliphatic heterocycles. The quantitative estimate of drug-likeness (QED) is 0.641. The molecule has 0 aliphatic carbocycles. The Hall–Kier alpha value is -3.33. The number of hydrogen-bond donors (Lipinski definition) is 1. The molecular weight excluding hydrogens is 396 g/mol. The van der Waals surface area contributed by atoms with Crippen LogP contribution < -0.4 is 15.0 Å². The smallest absolute Gasteiger partial charge is 0.337 e. The van der Waals surface area contributed by atoms with E-state index in [0.29, 0.717) is 22.2 Å². The first-order valence-electron chi connectivity index (χ1n) is 8.57. The molecule has 0 aliphatic rings. The summed E-state index contributed by atoms with van der Waals surface area (Å²) in [7, 11) is 0.139. The van der Waals surface area contributed by atoms with Gasteiger partial charge in [-0.25, -0.2) is 13.2 Å². The van der Waals surface area contributed by atoms with Crippen LogP contribution in [0.1, 0.15) is 15.9 Å². The second-order valence-electron chi connectivity index (χ2n) is 6.43. The van der Waals surface area contributed by atoms with Crippen LogP contribution in [-0.2, 0) is 21.8 Å². The van der Waals surface area contributed by atoms with Crippen molar-refractivity contribution in [2.45, 2.75) is 11.8 Å². The van der Waals surface area contributed by atoms with E-state index < -0.39 is 16.0 Å². The molecule has 0 saturated heterocycles. The number of anilines is 1. The first kappa shape index (κ1) is 20.4. The van der Waals surface area contributed by atoms with E-state index in [1.54, 1.807) is 38.2 Å². The van der Waals surface area contributed by atoms with E-state index in [9.17, 15) is 18.0 Å². The van der Waals surface area contributed by atoms with Gasteiger partial charge >= 0.3 is 5.97 Å². The van der Waals surface area contributed by atoms with E-state index >= 15 is 0 Å². The largest absolute Gasteiger partial charge is 0.495 e. The summed E-state index contributed by atoms with van der Waals surface area (Å²) in [5.74, 6) is -0.574. The summed E-state index contributed by atoms with van der Waals surface area (Å²) < 4.78 is 39.7. The molecule has 3 aromatic rings. The lowest BCUT2D eigenvalue weighted by Crippen LogP contribution is -2.19. The third-order valence-corrected chi connectivity index (χ3v) is 5.93. The van der Waals surface area contributed by atoms with E-state index in [2.05, 4.69) is 9.46 Å². The number of methoxy groups -OCH3 is 2. The van der Waals surface area contributed by atoms with Crippen LogP contribution in [0.5, 0.6) is 5.75 Å². The Morgan fingerprint density at radius 3 is 2.45 bits per heavy atom. The average molecular weight is 416 g/mol. The third-order valence-electron chi connectivity index (χ3n) is 4.53. The normalized spacial score (nSPS) is 11.3. The molecule has 0 atom stereocenters. The SMILES string of the molecule is COC(=O)c1ccc(OC)c(S(=O)(=O)Nc2ccc3c(c2)cc(C)c(=O)n3C)c1. The number of rotatable bonds is 5. The average Bonchev–Trinajstić information content (AvgIpc) is 2.70. The van der Waals surface area contributed by atoms with Crippen LogP contribution in [0, 0.1) is 6.92 Å². The van der Waals surface area contributed by atoms with Crippen molar-refractivity contribution in [3.05, 3.63) is 63.9 Å². The minimum absolute atomic E-state index is 0.0813. The number of carbonyl (C=O) groups excluding carboxylic acids is 1. The van der Waals surface area contributed by atoms with Gasteiger partial charge in [0.25, 0.3) is 15.6 Å². The topological polar surface area (TPSA) is 104 Å². The molecule has 0 bridgehead atoms. The number of fused-ring (bicyclic) bond motifs is 1. The van der Waals surface area contributed by atoms with Crippen molar-refractivity contribution in [3.8, 4) is 5.75 Å². The number of carbonyl (C=O) groups is 1. The second kappa shape index (κ2) is 7.59. The van der Waals surface area contributed by atoms with Gasteiger partial charge in [0.1, 0.15) is 10.6 Å². The van der Waals surface area contributed by atoms with Gasteiger partial charge in [-0.2, -0.15) is 0 Å².